The zero-order valence-electron chi connectivity index (χ0n) is 24.6. The first-order valence-corrected chi connectivity index (χ1v) is 15.1. The van der Waals surface area contributed by atoms with Crippen LogP contribution < -0.4 is 0 Å². The van der Waals surface area contributed by atoms with Crippen LogP contribution in [0.4, 0.5) is 4.79 Å². The molecule has 0 saturated heterocycles. The van der Waals surface area contributed by atoms with Gasteiger partial charge in [-0.15, -0.1) is 0 Å². The van der Waals surface area contributed by atoms with Gasteiger partial charge in [-0.1, -0.05) is 133 Å². The van der Waals surface area contributed by atoms with Gasteiger partial charge in [0.25, 0.3) is 0 Å². The molecule has 0 radical (unpaired) electrons. The summed E-state index contributed by atoms with van der Waals surface area (Å²) in [6, 6.07) is 45.2. The minimum Gasteiger partial charge on any atom is -0.445 e. The number of carbonyl (C=O) groups is 2. The number of carbonyl (C=O) groups excluding carboxylic acids is 2. The van der Waals surface area contributed by atoms with Crippen molar-refractivity contribution in [3.05, 3.63) is 167 Å². The van der Waals surface area contributed by atoms with Crippen molar-refractivity contribution in [2.24, 2.45) is 0 Å². The molecule has 1 amide bonds. The van der Waals surface area contributed by atoms with Crippen molar-refractivity contribution in [3.63, 3.8) is 0 Å². The number of ether oxygens (including phenoxy) is 1. The maximum Gasteiger partial charge on any atom is 0.410 e. The molecule has 0 heterocycles. The van der Waals surface area contributed by atoms with Gasteiger partial charge in [-0.2, -0.15) is 0 Å². The van der Waals surface area contributed by atoms with Crippen LogP contribution in [0.15, 0.2) is 133 Å². The van der Waals surface area contributed by atoms with Crippen LogP contribution in [0.5, 0.6) is 0 Å². The van der Waals surface area contributed by atoms with Crippen LogP contribution in [0.1, 0.15) is 50.0 Å². The van der Waals surface area contributed by atoms with Crippen molar-refractivity contribution in [2.45, 2.75) is 31.4 Å². The Kier molecular flexibility index (Phi) is 7.41. The first-order valence-electron chi connectivity index (χ1n) is 15.1. The zero-order chi connectivity index (χ0) is 30.0. The molecule has 0 aliphatic heterocycles. The Hall–Kier alpha value is -5.22. The van der Waals surface area contributed by atoms with Crippen LogP contribution in [0.25, 0.3) is 21.5 Å². The second-order valence-electron chi connectivity index (χ2n) is 11.7. The highest BCUT2D eigenvalue weighted by atomic mass is 16.6. The van der Waals surface area contributed by atoms with E-state index >= 15 is 0 Å². The minimum atomic E-state index is -0.375. The third-order valence-electron chi connectivity index (χ3n) is 8.89. The average Bonchev–Trinajstić information content (AvgIpc) is 3.08. The number of ketones is 1. The highest BCUT2D eigenvalue weighted by Gasteiger charge is 2.38. The van der Waals surface area contributed by atoms with Crippen LogP contribution in [-0.2, 0) is 24.3 Å². The van der Waals surface area contributed by atoms with Gasteiger partial charge in [0.2, 0.25) is 0 Å². The van der Waals surface area contributed by atoms with E-state index in [1.165, 1.54) is 10.9 Å². The van der Waals surface area contributed by atoms with Gasteiger partial charge < -0.3 is 9.64 Å². The third-order valence-corrected chi connectivity index (χ3v) is 8.89. The molecule has 0 N–H and O–H groups in total. The van der Waals surface area contributed by atoms with Crippen molar-refractivity contribution in [2.75, 3.05) is 7.05 Å². The predicted molar refractivity (Wildman–Crippen MR) is 176 cm³/mol. The summed E-state index contributed by atoms with van der Waals surface area (Å²) in [5, 5.41) is 4.48. The summed E-state index contributed by atoms with van der Waals surface area (Å²) in [6.45, 7) is 0.648. The molecule has 4 nitrogen and oxygen atoms in total. The molecule has 216 valence electrons. The lowest BCUT2D eigenvalue weighted by molar-refractivity contribution is 0.0936. The lowest BCUT2D eigenvalue weighted by Crippen LogP contribution is -2.29. The van der Waals surface area contributed by atoms with Crippen LogP contribution in [0, 0.1) is 0 Å². The molecule has 6 aromatic carbocycles. The van der Waals surface area contributed by atoms with Gasteiger partial charge in [0.1, 0.15) is 6.61 Å². The second kappa shape index (κ2) is 11.8. The Labute approximate surface area is 257 Å². The Morgan fingerprint density at radius 3 is 2.14 bits per heavy atom. The monoisotopic (exact) mass is 575 g/mol. The summed E-state index contributed by atoms with van der Waals surface area (Å²) in [5.41, 5.74) is 6.03. The quantitative estimate of drug-likeness (QED) is 0.186. The van der Waals surface area contributed by atoms with Gasteiger partial charge in [0.15, 0.2) is 5.78 Å². The smallest absolute Gasteiger partial charge is 0.410 e. The lowest BCUT2D eigenvalue weighted by atomic mass is 9.68. The van der Waals surface area contributed by atoms with Crippen LogP contribution in [-0.4, -0.2) is 23.8 Å². The summed E-state index contributed by atoms with van der Waals surface area (Å²) in [7, 11) is 1.74. The number of benzene rings is 6. The van der Waals surface area contributed by atoms with Crippen molar-refractivity contribution >= 4 is 33.4 Å². The van der Waals surface area contributed by atoms with Gasteiger partial charge in [0, 0.05) is 25.1 Å². The van der Waals surface area contributed by atoms with Crippen LogP contribution in [0.3, 0.4) is 0 Å². The maximum absolute atomic E-state index is 14.6. The van der Waals surface area contributed by atoms with Gasteiger partial charge in [-0.3, -0.25) is 4.79 Å². The summed E-state index contributed by atoms with van der Waals surface area (Å²) in [5.74, 6) is -0.129. The first-order chi connectivity index (χ1) is 21.6. The van der Waals surface area contributed by atoms with E-state index in [1.54, 1.807) is 11.9 Å². The molecule has 0 aromatic heterocycles. The van der Waals surface area contributed by atoms with Crippen LogP contribution >= 0.6 is 0 Å². The lowest BCUT2D eigenvalue weighted by Gasteiger charge is -2.33. The number of amides is 1. The van der Waals surface area contributed by atoms with Gasteiger partial charge in [-0.05, 0) is 55.8 Å². The Morgan fingerprint density at radius 1 is 0.682 bits per heavy atom. The molecule has 4 heteroatoms. The molecule has 0 bridgehead atoms. The molecular formula is C40H33NO3. The van der Waals surface area contributed by atoms with E-state index in [-0.39, 0.29) is 30.3 Å². The zero-order valence-corrected chi connectivity index (χ0v) is 24.6. The Morgan fingerprint density at radius 2 is 1.36 bits per heavy atom. The molecule has 2 unspecified atom stereocenters. The normalized spacial score (nSPS) is 16.1. The van der Waals surface area contributed by atoms with E-state index in [4.69, 9.17) is 4.74 Å². The molecular weight excluding hydrogens is 542 g/mol. The van der Waals surface area contributed by atoms with Crippen molar-refractivity contribution in [1.82, 2.24) is 4.90 Å². The number of nitrogens with zero attached hydrogens (tertiary/aromatic N) is 1. The fourth-order valence-electron chi connectivity index (χ4n) is 6.68. The van der Waals surface area contributed by atoms with Gasteiger partial charge in [0.05, 0.1) is 5.92 Å². The maximum atomic E-state index is 14.6. The fraction of sp³-hybridized carbons (Fsp3) is 0.150. The molecule has 0 saturated carbocycles. The topological polar surface area (TPSA) is 46.6 Å². The largest absolute Gasteiger partial charge is 0.445 e. The van der Waals surface area contributed by atoms with E-state index in [9.17, 15) is 9.59 Å². The summed E-state index contributed by atoms with van der Waals surface area (Å²) < 4.78 is 5.50. The van der Waals surface area contributed by atoms with Gasteiger partial charge >= 0.3 is 6.09 Å². The van der Waals surface area contributed by atoms with E-state index in [0.29, 0.717) is 6.54 Å². The number of hydrogen-bond donors (Lipinski definition) is 0. The highest BCUT2D eigenvalue weighted by Crippen LogP contribution is 2.45. The number of fused-ring (bicyclic) bond motifs is 5. The molecule has 0 fully saturated rings. The molecule has 1 aliphatic rings. The molecule has 1 aliphatic carbocycles. The molecule has 6 aromatic rings. The SMILES string of the molecule is CN(Cc1ccc(C2C(=O)c3c(ccc4c3ccc3ccccc34)CC2c2ccccc2)cc1)C(=O)OCc1ccccc1. The second-order valence-corrected chi connectivity index (χ2v) is 11.7. The summed E-state index contributed by atoms with van der Waals surface area (Å²) in [4.78, 5) is 28.8. The number of Topliss-reactive ketones (excluding diaryl/α,β-unsaturated/α-hetero) is 1. The van der Waals surface area contributed by atoms with Crippen molar-refractivity contribution < 1.29 is 14.3 Å². The number of rotatable bonds is 6. The molecule has 0 spiro atoms. The Balaban J connectivity index is 1.19. The van der Waals surface area contributed by atoms with E-state index in [1.807, 2.05) is 54.6 Å². The number of hydrogen-bond acceptors (Lipinski definition) is 3. The minimum absolute atomic E-state index is 0.0237. The highest BCUT2D eigenvalue weighted by molar-refractivity contribution is 6.18. The summed E-state index contributed by atoms with van der Waals surface area (Å²) >= 11 is 0. The summed E-state index contributed by atoms with van der Waals surface area (Å²) in [6.07, 6.45) is 0.413. The van der Waals surface area contributed by atoms with Crippen molar-refractivity contribution in [1.29, 1.82) is 0 Å². The average molecular weight is 576 g/mol. The van der Waals surface area contributed by atoms with Crippen LogP contribution in [0.2, 0.25) is 0 Å². The fourth-order valence-corrected chi connectivity index (χ4v) is 6.68. The molecule has 7 rings (SSSR count). The molecule has 2 atom stereocenters. The molecule has 44 heavy (non-hydrogen) atoms. The Bertz CT molecular complexity index is 1970. The predicted octanol–water partition coefficient (Wildman–Crippen LogP) is 9.07. The van der Waals surface area contributed by atoms with Gasteiger partial charge in [-0.25, -0.2) is 4.79 Å². The van der Waals surface area contributed by atoms with E-state index in [2.05, 4.69) is 78.9 Å². The standard InChI is InChI=1S/C40H33NO3/c1-41(40(43)44-26-28-10-4-2-5-11-28)25-27-16-18-31(19-17-27)37-36(29-12-6-3-7-13-29)24-32-21-22-34-33-15-9-8-14-30(33)20-23-35(34)38(32)39(37)42/h2-23,36-37H,24-26H2,1H3. The van der Waals surface area contributed by atoms with E-state index < -0.39 is 0 Å². The van der Waals surface area contributed by atoms with E-state index in [0.717, 1.165) is 50.4 Å². The third kappa shape index (κ3) is 5.24. The van der Waals surface area contributed by atoms with Crippen molar-refractivity contribution in [3.8, 4) is 0 Å². The first kappa shape index (κ1) is 27.6.